The number of aromatic nitrogens is 2. The molecule has 0 saturated heterocycles. The summed E-state index contributed by atoms with van der Waals surface area (Å²) in [7, 11) is 0. The lowest BCUT2D eigenvalue weighted by Gasteiger charge is -2.25. The summed E-state index contributed by atoms with van der Waals surface area (Å²) in [5.41, 5.74) is 1.12. The number of imidazole rings is 1. The Labute approximate surface area is 154 Å². The van der Waals surface area contributed by atoms with Gasteiger partial charge in [0.15, 0.2) is 0 Å². The molecule has 25 heavy (non-hydrogen) atoms. The van der Waals surface area contributed by atoms with Crippen LogP contribution in [-0.2, 0) is 17.9 Å². The Hall–Kier alpha value is -1.95. The van der Waals surface area contributed by atoms with Gasteiger partial charge in [-0.1, -0.05) is 12.1 Å². The van der Waals surface area contributed by atoms with Crippen LogP contribution in [0, 0.1) is 0 Å². The van der Waals surface area contributed by atoms with Crippen molar-refractivity contribution >= 4 is 17.7 Å². The standard InChI is InChI=1S/C19H27N3O2S/c1-4-24-18-8-6-17(7-9-18)14-22(19(23)16(2)25-3)12-5-11-21-13-10-20-15-21/h6-10,13,15-16H,4-5,11-12,14H2,1-3H3. The van der Waals surface area contributed by atoms with Crippen molar-refractivity contribution in [3.8, 4) is 5.75 Å². The number of hydrogen-bond donors (Lipinski definition) is 0. The van der Waals surface area contributed by atoms with E-state index < -0.39 is 0 Å². The van der Waals surface area contributed by atoms with Crippen molar-refractivity contribution in [1.82, 2.24) is 14.5 Å². The number of hydrogen-bond acceptors (Lipinski definition) is 4. The summed E-state index contributed by atoms with van der Waals surface area (Å²) in [6.07, 6.45) is 8.41. The van der Waals surface area contributed by atoms with Gasteiger partial charge in [0.25, 0.3) is 0 Å². The number of rotatable bonds is 10. The molecule has 136 valence electrons. The number of thioether (sulfide) groups is 1. The van der Waals surface area contributed by atoms with Gasteiger partial charge in [-0.3, -0.25) is 4.79 Å². The van der Waals surface area contributed by atoms with Crippen LogP contribution in [0.3, 0.4) is 0 Å². The maximum Gasteiger partial charge on any atom is 0.235 e. The highest BCUT2D eigenvalue weighted by molar-refractivity contribution is 7.99. The number of nitrogens with zero attached hydrogens (tertiary/aromatic N) is 3. The number of benzene rings is 1. The zero-order chi connectivity index (χ0) is 18.1. The van der Waals surface area contributed by atoms with E-state index in [4.69, 9.17) is 4.74 Å². The minimum absolute atomic E-state index is 0.0315. The van der Waals surface area contributed by atoms with E-state index in [2.05, 4.69) is 4.98 Å². The van der Waals surface area contributed by atoms with Crippen LogP contribution in [0.4, 0.5) is 0 Å². The molecular formula is C19H27N3O2S. The first kappa shape index (κ1) is 19.4. The molecule has 1 atom stereocenters. The van der Waals surface area contributed by atoms with Crippen molar-refractivity contribution < 1.29 is 9.53 Å². The molecule has 0 spiro atoms. The van der Waals surface area contributed by atoms with Crippen LogP contribution in [0.15, 0.2) is 43.0 Å². The molecule has 0 N–H and O–H groups in total. The fourth-order valence-corrected chi connectivity index (χ4v) is 2.92. The summed E-state index contributed by atoms with van der Waals surface area (Å²) < 4.78 is 7.52. The van der Waals surface area contributed by atoms with E-state index >= 15 is 0 Å². The van der Waals surface area contributed by atoms with Gasteiger partial charge in [0.05, 0.1) is 18.2 Å². The van der Waals surface area contributed by atoms with E-state index in [-0.39, 0.29) is 11.2 Å². The molecule has 0 aliphatic carbocycles. The first-order valence-corrected chi connectivity index (χ1v) is 9.92. The molecule has 2 aromatic rings. The first-order chi connectivity index (χ1) is 12.1. The van der Waals surface area contributed by atoms with Gasteiger partial charge in [-0.15, -0.1) is 0 Å². The van der Waals surface area contributed by atoms with Crippen LogP contribution in [0.25, 0.3) is 0 Å². The zero-order valence-electron chi connectivity index (χ0n) is 15.2. The summed E-state index contributed by atoms with van der Waals surface area (Å²) in [4.78, 5) is 18.7. The van der Waals surface area contributed by atoms with Crippen LogP contribution >= 0.6 is 11.8 Å². The highest BCUT2D eigenvalue weighted by Gasteiger charge is 2.19. The lowest BCUT2D eigenvalue weighted by atomic mass is 10.2. The molecule has 0 radical (unpaired) electrons. The molecule has 5 nitrogen and oxygen atoms in total. The molecule has 1 aromatic carbocycles. The molecule has 2 rings (SSSR count). The van der Waals surface area contributed by atoms with E-state index in [0.717, 1.165) is 30.8 Å². The number of carbonyl (C=O) groups excluding carboxylic acids is 1. The van der Waals surface area contributed by atoms with Crippen LogP contribution in [0.5, 0.6) is 5.75 Å². The van der Waals surface area contributed by atoms with E-state index in [1.165, 1.54) is 0 Å². The smallest absolute Gasteiger partial charge is 0.235 e. The number of aryl methyl sites for hydroxylation is 1. The van der Waals surface area contributed by atoms with E-state index in [1.54, 1.807) is 18.0 Å². The Bertz CT molecular complexity index is 629. The Balaban J connectivity index is 1.98. The first-order valence-electron chi connectivity index (χ1n) is 8.63. The minimum atomic E-state index is -0.0315. The van der Waals surface area contributed by atoms with Gasteiger partial charge in [0.1, 0.15) is 5.75 Å². The van der Waals surface area contributed by atoms with Gasteiger partial charge in [0, 0.05) is 32.0 Å². The monoisotopic (exact) mass is 361 g/mol. The second-order valence-corrected chi connectivity index (χ2v) is 7.05. The molecule has 1 heterocycles. The molecule has 1 unspecified atom stereocenters. The van der Waals surface area contributed by atoms with Crippen molar-refractivity contribution in [2.75, 3.05) is 19.4 Å². The van der Waals surface area contributed by atoms with Gasteiger partial charge in [-0.25, -0.2) is 4.98 Å². The second kappa shape index (κ2) is 10.1. The van der Waals surface area contributed by atoms with Crippen molar-refractivity contribution in [2.45, 2.75) is 38.6 Å². The normalized spacial score (nSPS) is 12.0. The zero-order valence-corrected chi connectivity index (χ0v) is 16.0. The molecule has 1 aromatic heterocycles. The average molecular weight is 362 g/mol. The van der Waals surface area contributed by atoms with Crippen LogP contribution < -0.4 is 4.74 Å². The van der Waals surface area contributed by atoms with Crippen LogP contribution in [0.2, 0.25) is 0 Å². The molecule has 0 aliphatic heterocycles. The summed E-state index contributed by atoms with van der Waals surface area (Å²) in [6.45, 7) is 6.81. The third kappa shape index (κ3) is 6.12. The largest absolute Gasteiger partial charge is 0.494 e. The Morgan fingerprint density at radius 3 is 2.72 bits per heavy atom. The fourth-order valence-electron chi connectivity index (χ4n) is 2.57. The average Bonchev–Trinajstić information content (AvgIpc) is 3.15. The van der Waals surface area contributed by atoms with E-state index in [1.807, 2.05) is 66.4 Å². The summed E-state index contributed by atoms with van der Waals surface area (Å²) >= 11 is 1.59. The Morgan fingerprint density at radius 2 is 2.12 bits per heavy atom. The van der Waals surface area contributed by atoms with Crippen LogP contribution in [0.1, 0.15) is 25.8 Å². The SMILES string of the molecule is CCOc1ccc(CN(CCCn2ccnc2)C(=O)C(C)SC)cc1. The maximum absolute atomic E-state index is 12.7. The predicted molar refractivity (Wildman–Crippen MR) is 103 cm³/mol. The molecule has 0 aliphatic rings. The third-order valence-electron chi connectivity index (χ3n) is 4.02. The van der Waals surface area contributed by atoms with Gasteiger partial charge in [-0.2, -0.15) is 11.8 Å². The van der Waals surface area contributed by atoms with Crippen molar-refractivity contribution in [3.05, 3.63) is 48.5 Å². The van der Waals surface area contributed by atoms with Gasteiger partial charge in [-0.05, 0) is 44.2 Å². The quantitative estimate of drug-likeness (QED) is 0.650. The van der Waals surface area contributed by atoms with Crippen LogP contribution in [-0.4, -0.2) is 45.0 Å². The number of carbonyl (C=O) groups is 1. The fraction of sp³-hybridized carbons (Fsp3) is 0.474. The van der Waals surface area contributed by atoms with E-state index in [9.17, 15) is 4.79 Å². The number of amides is 1. The second-order valence-electron chi connectivity index (χ2n) is 5.87. The Kier molecular flexibility index (Phi) is 7.85. The predicted octanol–water partition coefficient (Wildman–Crippen LogP) is 3.45. The van der Waals surface area contributed by atoms with Gasteiger partial charge >= 0.3 is 0 Å². The summed E-state index contributed by atoms with van der Waals surface area (Å²) in [5.74, 6) is 1.05. The number of ether oxygens (including phenoxy) is 1. The minimum Gasteiger partial charge on any atom is -0.494 e. The van der Waals surface area contributed by atoms with E-state index in [0.29, 0.717) is 13.2 Å². The summed E-state index contributed by atoms with van der Waals surface area (Å²) in [5, 5.41) is -0.0315. The lowest BCUT2D eigenvalue weighted by molar-refractivity contribution is -0.131. The van der Waals surface area contributed by atoms with Gasteiger partial charge in [0.2, 0.25) is 5.91 Å². The van der Waals surface area contributed by atoms with Crippen molar-refractivity contribution in [2.24, 2.45) is 0 Å². The highest BCUT2D eigenvalue weighted by atomic mass is 32.2. The molecule has 6 heteroatoms. The maximum atomic E-state index is 12.7. The summed E-state index contributed by atoms with van der Waals surface area (Å²) in [6, 6.07) is 7.99. The Morgan fingerprint density at radius 1 is 1.36 bits per heavy atom. The van der Waals surface area contributed by atoms with Crippen molar-refractivity contribution in [1.29, 1.82) is 0 Å². The molecule has 0 bridgehead atoms. The highest BCUT2D eigenvalue weighted by Crippen LogP contribution is 2.16. The molecule has 0 fully saturated rings. The third-order valence-corrected chi connectivity index (χ3v) is 4.93. The molecular weight excluding hydrogens is 334 g/mol. The van der Waals surface area contributed by atoms with Crippen molar-refractivity contribution in [3.63, 3.8) is 0 Å². The molecule has 1 amide bonds. The van der Waals surface area contributed by atoms with Gasteiger partial charge < -0.3 is 14.2 Å². The lowest BCUT2D eigenvalue weighted by Crippen LogP contribution is -2.37. The molecule has 0 saturated carbocycles. The topological polar surface area (TPSA) is 47.4 Å².